The molecule has 0 aliphatic heterocycles. The molecule has 0 spiro atoms. The van der Waals surface area contributed by atoms with E-state index in [1.807, 2.05) is 73.2 Å². The van der Waals surface area contributed by atoms with Gasteiger partial charge in [-0.2, -0.15) is 0 Å². The highest BCUT2D eigenvalue weighted by Gasteiger charge is 2.24. The van der Waals surface area contributed by atoms with E-state index in [2.05, 4.69) is 22.1 Å². The van der Waals surface area contributed by atoms with Crippen LogP contribution in [0, 0.1) is 13.8 Å². The van der Waals surface area contributed by atoms with Gasteiger partial charge in [-0.1, -0.05) is 59.8 Å². The predicted octanol–water partition coefficient (Wildman–Crippen LogP) is 7.12. The van der Waals surface area contributed by atoms with Crippen LogP contribution in [0.3, 0.4) is 0 Å². The lowest BCUT2D eigenvalue weighted by Gasteiger charge is -2.17. The molecular weight excluding hydrogens is 568 g/mol. The number of carbonyl (C=O) groups excluding carboxylic acids is 2. The van der Waals surface area contributed by atoms with Crippen molar-refractivity contribution in [3.05, 3.63) is 88.0 Å². The third-order valence-corrected chi connectivity index (χ3v) is 8.45. The second-order valence-electron chi connectivity index (χ2n) is 8.92. The van der Waals surface area contributed by atoms with Crippen LogP contribution in [-0.2, 0) is 16.1 Å². The minimum Gasteiger partial charge on any atom is -0.483 e. The van der Waals surface area contributed by atoms with Crippen molar-refractivity contribution in [2.75, 3.05) is 18.2 Å². The third-order valence-electron chi connectivity index (χ3n) is 5.99. The molecule has 208 valence electrons. The van der Waals surface area contributed by atoms with Crippen molar-refractivity contribution in [2.45, 2.75) is 38.6 Å². The van der Waals surface area contributed by atoms with Crippen LogP contribution < -0.4 is 10.1 Å². The largest absolute Gasteiger partial charge is 0.483 e. The maximum atomic E-state index is 12.9. The SMILES string of the molecule is C=CCn1c(SCC(=O)Nc2scc(-c3ccccc3)c2C(=O)OC)nnc1C(C)Oc1cc(C)c(Cl)c(C)c1. The Balaban J connectivity index is 1.48. The van der Waals surface area contributed by atoms with Gasteiger partial charge in [0.25, 0.3) is 0 Å². The first-order valence-electron chi connectivity index (χ1n) is 12.4. The summed E-state index contributed by atoms with van der Waals surface area (Å²) in [5, 5.41) is 15.0. The van der Waals surface area contributed by atoms with E-state index in [1.165, 1.54) is 30.2 Å². The number of carbonyl (C=O) groups is 2. The smallest absolute Gasteiger partial charge is 0.341 e. The van der Waals surface area contributed by atoms with Crippen LogP contribution >= 0.6 is 34.7 Å². The molecule has 2 heterocycles. The van der Waals surface area contributed by atoms with Crippen molar-refractivity contribution in [3.63, 3.8) is 0 Å². The second kappa shape index (κ2) is 13.2. The second-order valence-corrected chi connectivity index (χ2v) is 11.1. The van der Waals surface area contributed by atoms with Crippen molar-refractivity contribution >= 4 is 51.6 Å². The molecule has 1 amide bonds. The van der Waals surface area contributed by atoms with Gasteiger partial charge in [0.05, 0.1) is 12.9 Å². The Bertz CT molecular complexity index is 1510. The monoisotopic (exact) mass is 596 g/mol. The van der Waals surface area contributed by atoms with Gasteiger partial charge in [-0.25, -0.2) is 4.79 Å². The quantitative estimate of drug-likeness (QED) is 0.112. The van der Waals surface area contributed by atoms with E-state index in [4.69, 9.17) is 21.1 Å². The van der Waals surface area contributed by atoms with Crippen molar-refractivity contribution in [2.24, 2.45) is 0 Å². The zero-order chi connectivity index (χ0) is 28.8. The number of amides is 1. The van der Waals surface area contributed by atoms with Gasteiger partial charge in [-0.3, -0.25) is 9.36 Å². The third kappa shape index (κ3) is 6.57. The summed E-state index contributed by atoms with van der Waals surface area (Å²) in [7, 11) is 1.32. The predicted molar refractivity (Wildman–Crippen MR) is 161 cm³/mol. The number of hydrogen-bond donors (Lipinski definition) is 1. The standard InChI is InChI=1S/C29H29ClN4O4S2/c1-6-12-34-26(19(4)38-21-13-17(2)25(30)18(3)14-21)32-33-29(34)40-16-23(35)31-27-24(28(36)37-5)22(15-39-27)20-10-8-7-9-11-20/h6-11,13-15,19H,1,12,16H2,2-5H3,(H,31,35). The maximum Gasteiger partial charge on any atom is 0.341 e. The van der Waals surface area contributed by atoms with Gasteiger partial charge >= 0.3 is 5.97 Å². The lowest BCUT2D eigenvalue weighted by Crippen LogP contribution is -2.17. The Kier molecular flexibility index (Phi) is 9.67. The molecule has 2 aromatic heterocycles. The van der Waals surface area contributed by atoms with Gasteiger partial charge < -0.3 is 14.8 Å². The molecule has 0 saturated heterocycles. The molecule has 2 aromatic carbocycles. The highest BCUT2D eigenvalue weighted by atomic mass is 35.5. The normalized spacial score (nSPS) is 11.6. The van der Waals surface area contributed by atoms with Crippen molar-refractivity contribution < 1.29 is 19.1 Å². The molecule has 4 rings (SSSR count). The van der Waals surface area contributed by atoms with E-state index in [1.54, 1.807) is 6.08 Å². The number of halogens is 1. The van der Waals surface area contributed by atoms with E-state index in [9.17, 15) is 9.59 Å². The summed E-state index contributed by atoms with van der Waals surface area (Å²) in [6, 6.07) is 13.3. The minimum absolute atomic E-state index is 0.0548. The summed E-state index contributed by atoms with van der Waals surface area (Å²) >= 11 is 8.80. The summed E-state index contributed by atoms with van der Waals surface area (Å²) in [5.41, 5.74) is 3.74. The zero-order valence-corrected chi connectivity index (χ0v) is 25.0. The molecule has 4 aromatic rings. The molecule has 8 nitrogen and oxygen atoms in total. The number of nitrogens with one attached hydrogen (secondary N) is 1. The highest BCUT2D eigenvalue weighted by molar-refractivity contribution is 7.99. The fourth-order valence-electron chi connectivity index (χ4n) is 4.12. The number of nitrogens with zero attached hydrogens (tertiary/aromatic N) is 3. The van der Waals surface area contributed by atoms with Crippen LogP contribution in [0.5, 0.6) is 5.75 Å². The number of hydrogen-bond acceptors (Lipinski definition) is 8. The molecule has 0 saturated carbocycles. The summed E-state index contributed by atoms with van der Waals surface area (Å²) in [5.74, 6) is 0.535. The molecule has 0 bridgehead atoms. The first-order chi connectivity index (χ1) is 19.2. The first kappa shape index (κ1) is 29.4. The van der Waals surface area contributed by atoms with Gasteiger partial charge in [0.15, 0.2) is 17.1 Å². The van der Waals surface area contributed by atoms with Gasteiger partial charge in [0.1, 0.15) is 16.3 Å². The van der Waals surface area contributed by atoms with Crippen LogP contribution in [0.15, 0.2) is 65.7 Å². The molecule has 1 atom stereocenters. The van der Waals surface area contributed by atoms with Crippen LogP contribution in [0.4, 0.5) is 5.00 Å². The Morgan fingerprint density at radius 3 is 2.55 bits per heavy atom. The average Bonchev–Trinajstić information content (AvgIpc) is 3.55. The molecule has 0 aliphatic carbocycles. The summed E-state index contributed by atoms with van der Waals surface area (Å²) in [6.07, 6.45) is 1.32. The van der Waals surface area contributed by atoms with Gasteiger partial charge in [0.2, 0.25) is 5.91 Å². The van der Waals surface area contributed by atoms with E-state index in [-0.39, 0.29) is 11.7 Å². The Hall–Kier alpha value is -3.60. The molecule has 11 heteroatoms. The maximum absolute atomic E-state index is 12.9. The molecular formula is C29H29ClN4O4S2. The van der Waals surface area contributed by atoms with E-state index < -0.39 is 12.1 Å². The van der Waals surface area contributed by atoms with E-state index in [0.29, 0.717) is 44.4 Å². The molecule has 0 aliphatic rings. The van der Waals surface area contributed by atoms with Crippen molar-refractivity contribution in [3.8, 4) is 16.9 Å². The Morgan fingerprint density at radius 2 is 1.90 bits per heavy atom. The number of rotatable bonds is 11. The summed E-state index contributed by atoms with van der Waals surface area (Å²) in [4.78, 5) is 25.5. The molecule has 0 radical (unpaired) electrons. The molecule has 1 unspecified atom stereocenters. The van der Waals surface area contributed by atoms with Gasteiger partial charge in [-0.05, 0) is 49.6 Å². The highest BCUT2D eigenvalue weighted by Crippen LogP contribution is 2.36. The summed E-state index contributed by atoms with van der Waals surface area (Å²) in [6.45, 7) is 10.0. The number of ether oxygens (including phenoxy) is 2. The van der Waals surface area contributed by atoms with Crippen molar-refractivity contribution in [1.29, 1.82) is 0 Å². The molecule has 0 fully saturated rings. The molecule has 40 heavy (non-hydrogen) atoms. The minimum atomic E-state index is -0.515. The number of thiophene rings is 1. The zero-order valence-electron chi connectivity index (χ0n) is 22.6. The summed E-state index contributed by atoms with van der Waals surface area (Å²) < 4.78 is 13.0. The first-order valence-corrected chi connectivity index (χ1v) is 14.6. The fourth-order valence-corrected chi connectivity index (χ4v) is 5.95. The van der Waals surface area contributed by atoms with Crippen molar-refractivity contribution in [1.82, 2.24) is 14.8 Å². The topological polar surface area (TPSA) is 95.3 Å². The van der Waals surface area contributed by atoms with E-state index >= 15 is 0 Å². The number of allylic oxidation sites excluding steroid dienone is 1. The Morgan fingerprint density at radius 1 is 1.20 bits per heavy atom. The fraction of sp³-hybridized carbons (Fsp3) is 0.241. The number of thioether (sulfide) groups is 1. The van der Waals surface area contributed by atoms with E-state index in [0.717, 1.165) is 16.7 Å². The number of esters is 1. The number of aryl methyl sites for hydroxylation is 2. The number of aromatic nitrogens is 3. The van der Waals surface area contributed by atoms with Gasteiger partial charge in [-0.15, -0.1) is 28.1 Å². The van der Waals surface area contributed by atoms with Crippen LogP contribution in [-0.4, -0.2) is 39.5 Å². The number of anilines is 1. The van der Waals surface area contributed by atoms with Crippen LogP contribution in [0.2, 0.25) is 5.02 Å². The lowest BCUT2D eigenvalue weighted by atomic mass is 10.0. The van der Waals surface area contributed by atoms with Crippen LogP contribution in [0.25, 0.3) is 11.1 Å². The lowest BCUT2D eigenvalue weighted by molar-refractivity contribution is -0.113. The molecule has 1 N–H and O–H groups in total. The van der Waals surface area contributed by atoms with Gasteiger partial charge in [0, 0.05) is 22.5 Å². The Labute approximate surface area is 246 Å². The number of benzene rings is 2. The average molecular weight is 597 g/mol. The van der Waals surface area contributed by atoms with Crippen LogP contribution in [0.1, 0.15) is 40.3 Å². The number of methoxy groups -OCH3 is 1.